The normalized spacial score (nSPS) is 21.0. The third-order valence-corrected chi connectivity index (χ3v) is 4.73. The molecule has 2 unspecified atom stereocenters. The van der Waals surface area contributed by atoms with E-state index < -0.39 is 0 Å². The topological polar surface area (TPSA) is 61.5 Å². The van der Waals surface area contributed by atoms with Crippen LogP contribution in [0.2, 0.25) is 0 Å². The van der Waals surface area contributed by atoms with Gasteiger partial charge in [-0.3, -0.25) is 4.79 Å². The Kier molecular flexibility index (Phi) is 4.71. The molecule has 1 aromatic carbocycles. The van der Waals surface area contributed by atoms with E-state index in [2.05, 4.69) is 10.8 Å². The maximum absolute atomic E-state index is 11.1. The second-order valence-corrected chi connectivity index (χ2v) is 5.88. The highest BCUT2D eigenvalue weighted by Crippen LogP contribution is 2.38. The number of carbonyl (C=O) groups excluding carboxylic acids is 1. The van der Waals surface area contributed by atoms with Crippen LogP contribution in [0.3, 0.4) is 0 Å². The fourth-order valence-corrected chi connectivity index (χ4v) is 3.54. The van der Waals surface area contributed by atoms with Gasteiger partial charge in [0.05, 0.1) is 20.6 Å². The molecule has 0 amide bonds. The van der Waals surface area contributed by atoms with Gasteiger partial charge in [-0.25, -0.2) is 0 Å². The number of esters is 1. The standard InChI is InChI=1S/C14H19NO3S/c1-17-10-4-3-9-7-12(14(15)11(9)8-10)19-6-5-13(16)18-2/h3-4,8,12,14H,5-7,15H2,1-2H3. The van der Waals surface area contributed by atoms with E-state index in [4.69, 9.17) is 10.5 Å². The first-order valence-electron chi connectivity index (χ1n) is 6.26. The van der Waals surface area contributed by atoms with Crippen LogP contribution in [0.15, 0.2) is 18.2 Å². The Bertz CT molecular complexity index is 464. The van der Waals surface area contributed by atoms with Gasteiger partial charge in [0, 0.05) is 17.0 Å². The number of methoxy groups -OCH3 is 2. The van der Waals surface area contributed by atoms with Crippen molar-refractivity contribution in [1.29, 1.82) is 0 Å². The Morgan fingerprint density at radius 3 is 2.95 bits per heavy atom. The molecule has 1 aliphatic rings. The van der Waals surface area contributed by atoms with Gasteiger partial charge in [-0.05, 0) is 29.7 Å². The van der Waals surface area contributed by atoms with Gasteiger partial charge in [0.15, 0.2) is 0 Å². The van der Waals surface area contributed by atoms with Gasteiger partial charge in [0.1, 0.15) is 5.75 Å². The number of nitrogens with two attached hydrogens (primary N) is 1. The summed E-state index contributed by atoms with van der Waals surface area (Å²) >= 11 is 1.74. The second kappa shape index (κ2) is 6.30. The summed E-state index contributed by atoms with van der Waals surface area (Å²) in [5, 5.41) is 0.326. The van der Waals surface area contributed by atoms with Gasteiger partial charge in [0.25, 0.3) is 0 Å². The van der Waals surface area contributed by atoms with E-state index in [1.54, 1.807) is 18.9 Å². The number of benzene rings is 1. The second-order valence-electron chi connectivity index (χ2n) is 4.53. The average Bonchev–Trinajstić information content (AvgIpc) is 2.75. The molecule has 2 rings (SSSR count). The monoisotopic (exact) mass is 281 g/mol. The lowest BCUT2D eigenvalue weighted by Gasteiger charge is -2.15. The van der Waals surface area contributed by atoms with Gasteiger partial charge in [-0.2, -0.15) is 11.8 Å². The largest absolute Gasteiger partial charge is 0.497 e. The summed E-state index contributed by atoms with van der Waals surface area (Å²) in [6, 6.07) is 6.07. The first-order chi connectivity index (χ1) is 9.15. The molecule has 0 heterocycles. The minimum Gasteiger partial charge on any atom is -0.497 e. The van der Waals surface area contributed by atoms with E-state index in [1.165, 1.54) is 12.7 Å². The summed E-state index contributed by atoms with van der Waals surface area (Å²) in [7, 11) is 3.07. The molecule has 0 saturated heterocycles. The van der Waals surface area contributed by atoms with Crippen LogP contribution in [0.5, 0.6) is 5.75 Å². The molecule has 0 spiro atoms. The van der Waals surface area contributed by atoms with Crippen molar-refractivity contribution in [1.82, 2.24) is 0 Å². The molecule has 2 N–H and O–H groups in total. The van der Waals surface area contributed by atoms with Gasteiger partial charge in [-0.15, -0.1) is 0 Å². The molecule has 0 aliphatic heterocycles. The zero-order chi connectivity index (χ0) is 13.8. The highest BCUT2D eigenvalue weighted by molar-refractivity contribution is 7.99. The summed E-state index contributed by atoms with van der Waals surface area (Å²) in [6.45, 7) is 0. The fraction of sp³-hybridized carbons (Fsp3) is 0.500. The number of fused-ring (bicyclic) bond motifs is 1. The minimum atomic E-state index is -0.168. The predicted octanol–water partition coefficient (Wildman–Crippen LogP) is 1.92. The molecule has 0 saturated carbocycles. The Hall–Kier alpha value is -1.20. The minimum absolute atomic E-state index is 0.00717. The predicted molar refractivity (Wildman–Crippen MR) is 76.5 cm³/mol. The zero-order valence-electron chi connectivity index (χ0n) is 11.2. The maximum Gasteiger partial charge on any atom is 0.306 e. The summed E-state index contributed by atoms with van der Waals surface area (Å²) in [5.41, 5.74) is 8.71. The van der Waals surface area contributed by atoms with E-state index in [9.17, 15) is 4.79 Å². The van der Waals surface area contributed by atoms with E-state index in [1.807, 2.05) is 12.1 Å². The van der Waals surface area contributed by atoms with E-state index in [-0.39, 0.29) is 12.0 Å². The molecule has 1 aliphatic carbocycles. The van der Waals surface area contributed by atoms with Gasteiger partial charge in [-0.1, -0.05) is 6.07 Å². The average molecular weight is 281 g/mol. The molecule has 5 heteroatoms. The van der Waals surface area contributed by atoms with Crippen LogP contribution < -0.4 is 10.5 Å². The Labute approximate surface area is 117 Å². The van der Waals surface area contributed by atoms with Gasteiger partial charge < -0.3 is 15.2 Å². The quantitative estimate of drug-likeness (QED) is 0.835. The van der Waals surface area contributed by atoms with Crippen molar-refractivity contribution in [3.05, 3.63) is 29.3 Å². The molecular weight excluding hydrogens is 262 g/mol. The molecule has 2 atom stereocenters. The summed E-state index contributed by atoms with van der Waals surface area (Å²) < 4.78 is 9.86. The third kappa shape index (κ3) is 3.22. The molecule has 1 aromatic rings. The molecule has 4 nitrogen and oxygen atoms in total. The molecule has 104 valence electrons. The van der Waals surface area contributed by atoms with Gasteiger partial charge in [0.2, 0.25) is 0 Å². The third-order valence-electron chi connectivity index (χ3n) is 3.40. The molecule has 0 aromatic heterocycles. The Balaban J connectivity index is 1.95. The van der Waals surface area contributed by atoms with Crippen molar-refractivity contribution in [2.45, 2.75) is 24.1 Å². The van der Waals surface area contributed by atoms with Crippen LogP contribution in [0.25, 0.3) is 0 Å². The van der Waals surface area contributed by atoms with Crippen molar-refractivity contribution in [3.8, 4) is 5.75 Å². The lowest BCUT2D eigenvalue weighted by molar-refractivity contribution is -0.140. The fourth-order valence-electron chi connectivity index (χ4n) is 2.30. The van der Waals surface area contributed by atoms with Crippen molar-refractivity contribution < 1.29 is 14.3 Å². The summed E-state index contributed by atoms with van der Waals surface area (Å²) in [6.07, 6.45) is 1.39. The number of ether oxygens (including phenoxy) is 2. The van der Waals surface area contributed by atoms with Crippen LogP contribution in [-0.4, -0.2) is 31.2 Å². The van der Waals surface area contributed by atoms with Crippen molar-refractivity contribution in [2.75, 3.05) is 20.0 Å². The Morgan fingerprint density at radius 1 is 1.47 bits per heavy atom. The molecule has 0 bridgehead atoms. The lowest BCUT2D eigenvalue weighted by atomic mass is 10.1. The van der Waals surface area contributed by atoms with E-state index >= 15 is 0 Å². The highest BCUT2D eigenvalue weighted by Gasteiger charge is 2.30. The number of hydrogen-bond acceptors (Lipinski definition) is 5. The SMILES string of the molecule is COC(=O)CCSC1Cc2ccc(OC)cc2C1N. The molecule has 0 radical (unpaired) electrons. The Morgan fingerprint density at radius 2 is 2.26 bits per heavy atom. The number of thioether (sulfide) groups is 1. The number of rotatable bonds is 5. The van der Waals surface area contributed by atoms with Crippen molar-refractivity contribution in [2.24, 2.45) is 5.73 Å². The zero-order valence-corrected chi connectivity index (χ0v) is 12.0. The van der Waals surface area contributed by atoms with Crippen LogP contribution in [0.4, 0.5) is 0 Å². The van der Waals surface area contributed by atoms with Crippen molar-refractivity contribution in [3.63, 3.8) is 0 Å². The smallest absolute Gasteiger partial charge is 0.306 e. The summed E-state index contributed by atoms with van der Waals surface area (Å²) in [4.78, 5) is 11.1. The highest BCUT2D eigenvalue weighted by atomic mass is 32.2. The van der Waals surface area contributed by atoms with E-state index in [0.29, 0.717) is 11.7 Å². The first-order valence-corrected chi connectivity index (χ1v) is 7.31. The van der Waals surface area contributed by atoms with E-state index in [0.717, 1.165) is 23.5 Å². The van der Waals surface area contributed by atoms with Crippen molar-refractivity contribution >= 4 is 17.7 Å². The van der Waals surface area contributed by atoms with Crippen LogP contribution in [-0.2, 0) is 16.0 Å². The van der Waals surface area contributed by atoms with Gasteiger partial charge >= 0.3 is 5.97 Å². The molecule has 0 fully saturated rings. The number of carbonyl (C=O) groups is 1. The molecule has 19 heavy (non-hydrogen) atoms. The summed E-state index contributed by atoms with van der Waals surface area (Å²) in [5.74, 6) is 1.42. The number of hydrogen-bond donors (Lipinski definition) is 1. The molecular formula is C14H19NO3S. The van der Waals surface area contributed by atoms with Crippen LogP contribution in [0, 0.1) is 0 Å². The maximum atomic E-state index is 11.1. The van der Waals surface area contributed by atoms with Crippen LogP contribution in [0.1, 0.15) is 23.6 Å². The first kappa shape index (κ1) is 14.2. The lowest BCUT2D eigenvalue weighted by Crippen LogP contribution is -2.19. The van der Waals surface area contributed by atoms with Crippen LogP contribution >= 0.6 is 11.8 Å².